The van der Waals surface area contributed by atoms with Gasteiger partial charge in [-0.25, -0.2) is 0 Å². The van der Waals surface area contributed by atoms with Crippen molar-refractivity contribution in [2.24, 2.45) is 0 Å². The molecule has 12 atom stereocenters. The van der Waals surface area contributed by atoms with E-state index in [1.807, 2.05) is 12.2 Å². The van der Waals surface area contributed by atoms with Crippen molar-refractivity contribution in [3.05, 3.63) is 146 Å². The second kappa shape index (κ2) is 61.5. The number of carbonyl (C=O) groups is 1. The number of rotatable bonds is 58. The van der Waals surface area contributed by atoms with Gasteiger partial charge in [-0.05, 0) is 109 Å². The first-order valence-electron chi connectivity index (χ1n) is 36.6. The number of aliphatic hydroxyl groups excluding tert-OH is 8. The number of unbranched alkanes of at least 4 members (excludes halogenated alkanes) is 23. The van der Waals surface area contributed by atoms with Gasteiger partial charge in [0, 0.05) is 6.42 Å². The monoisotopic (exact) mass is 1300 g/mol. The van der Waals surface area contributed by atoms with E-state index in [9.17, 15) is 45.6 Å². The zero-order valence-corrected chi connectivity index (χ0v) is 57.7. The van der Waals surface area contributed by atoms with Crippen molar-refractivity contribution in [2.75, 3.05) is 19.8 Å². The molecule has 530 valence electrons. The summed E-state index contributed by atoms with van der Waals surface area (Å²) < 4.78 is 22.8. The Kier molecular flexibility index (Phi) is 56.1. The maximum Gasteiger partial charge on any atom is 0.220 e. The molecule has 0 aromatic rings. The van der Waals surface area contributed by atoms with Gasteiger partial charge in [-0.1, -0.05) is 282 Å². The highest BCUT2D eigenvalue weighted by atomic mass is 16.7. The molecular formula is C79H131NO13. The van der Waals surface area contributed by atoms with Crippen LogP contribution in [0.1, 0.15) is 251 Å². The molecular weight excluding hydrogens is 1170 g/mol. The Morgan fingerprint density at radius 1 is 0.398 bits per heavy atom. The molecule has 1 amide bonds. The molecule has 2 saturated heterocycles. The molecule has 9 N–H and O–H groups in total. The topological polar surface area (TPSA) is 228 Å². The van der Waals surface area contributed by atoms with Crippen molar-refractivity contribution in [1.82, 2.24) is 5.32 Å². The predicted octanol–water partition coefficient (Wildman–Crippen LogP) is 15.6. The Balaban J connectivity index is 1.74. The lowest BCUT2D eigenvalue weighted by atomic mass is 9.97. The van der Waals surface area contributed by atoms with Crippen LogP contribution >= 0.6 is 0 Å². The molecule has 2 heterocycles. The number of nitrogens with one attached hydrogen (secondary N) is 1. The van der Waals surface area contributed by atoms with Crippen LogP contribution in [0, 0.1) is 0 Å². The molecule has 2 rings (SSSR count). The van der Waals surface area contributed by atoms with Crippen LogP contribution in [-0.4, -0.2) is 140 Å². The van der Waals surface area contributed by atoms with Crippen molar-refractivity contribution < 1.29 is 64.6 Å². The van der Waals surface area contributed by atoms with Crippen molar-refractivity contribution >= 4 is 5.91 Å². The summed E-state index contributed by atoms with van der Waals surface area (Å²) in [6.45, 7) is 2.63. The lowest BCUT2D eigenvalue weighted by Gasteiger charge is -2.46. The molecule has 0 aliphatic carbocycles. The number of hydrogen-bond donors (Lipinski definition) is 9. The van der Waals surface area contributed by atoms with E-state index >= 15 is 0 Å². The standard InChI is InChI=1S/C79H131NO13/c1-3-5-7-9-11-13-15-17-19-21-23-25-27-29-31-33-35-36-38-40-42-44-46-48-50-52-54-56-58-60-62-68(83)67(66-90-78-76(89)74(87)77(70(65-82)92-78)93-79-75(88)73(86)72(85)69(64-81)91-79)80-71(84)63-61-59-57-55-53-51-49-47-45-43-41-39-37-34-32-30-28-26-24-22-20-18-16-14-12-10-8-6-4-2/h6,8,12,14,18,20,24,26,30,32,37,39,43-46,49,51-52,54-55,57,60,62,67-70,72-79,81-83,85-89H,3-5,7,9-11,13,15-17,19,21-23,25,27-29,31,33-36,38,40-42,47-48,50,53,56,58-59,61,63-66H2,1-2H3,(H,80,84)/b8-6-,14-12-,20-18-,26-24-,32-30-,39-37-,45-43-,46-44+,51-49-,54-52+,57-55-,62-60+. The van der Waals surface area contributed by atoms with E-state index in [-0.39, 0.29) is 18.9 Å². The third-order valence-electron chi connectivity index (χ3n) is 16.7. The van der Waals surface area contributed by atoms with Gasteiger partial charge >= 0.3 is 0 Å². The second-order valence-corrected chi connectivity index (χ2v) is 25.0. The molecule has 2 aliphatic heterocycles. The van der Waals surface area contributed by atoms with Crippen molar-refractivity contribution in [1.29, 1.82) is 0 Å². The summed E-state index contributed by atoms with van der Waals surface area (Å²) in [5, 5.41) is 87.4. The normalized spacial score (nSPS) is 23.5. The van der Waals surface area contributed by atoms with Gasteiger partial charge in [0.25, 0.3) is 0 Å². The van der Waals surface area contributed by atoms with Crippen molar-refractivity contribution in [3.63, 3.8) is 0 Å². The minimum Gasteiger partial charge on any atom is -0.394 e. The first kappa shape index (κ1) is 85.0. The molecule has 2 aliphatic rings. The average Bonchev–Trinajstić information content (AvgIpc) is 0.854. The molecule has 0 bridgehead atoms. The van der Waals surface area contributed by atoms with Gasteiger partial charge in [0.1, 0.15) is 48.8 Å². The lowest BCUT2D eigenvalue weighted by Crippen LogP contribution is -2.65. The van der Waals surface area contributed by atoms with Crippen LogP contribution in [0.2, 0.25) is 0 Å². The molecule has 0 spiro atoms. The first-order chi connectivity index (χ1) is 45.6. The Morgan fingerprint density at radius 3 is 1.18 bits per heavy atom. The number of aliphatic hydroxyl groups is 8. The van der Waals surface area contributed by atoms with Gasteiger partial charge in [-0.15, -0.1) is 0 Å². The summed E-state index contributed by atoms with van der Waals surface area (Å²) in [5.74, 6) is -0.316. The van der Waals surface area contributed by atoms with Crippen LogP contribution in [0.25, 0.3) is 0 Å². The zero-order valence-electron chi connectivity index (χ0n) is 57.7. The molecule has 0 radical (unpaired) electrons. The van der Waals surface area contributed by atoms with E-state index in [2.05, 4.69) is 147 Å². The Labute approximate surface area is 563 Å². The van der Waals surface area contributed by atoms with Gasteiger partial charge in [-0.2, -0.15) is 0 Å². The molecule has 14 nitrogen and oxygen atoms in total. The molecule has 0 aromatic carbocycles. The quantitative estimate of drug-likeness (QED) is 0.0204. The smallest absolute Gasteiger partial charge is 0.220 e. The summed E-state index contributed by atoms with van der Waals surface area (Å²) in [5.41, 5.74) is 0. The highest BCUT2D eigenvalue weighted by Gasteiger charge is 2.51. The van der Waals surface area contributed by atoms with Crippen LogP contribution in [0.3, 0.4) is 0 Å². The largest absolute Gasteiger partial charge is 0.394 e. The maximum atomic E-state index is 13.3. The molecule has 2 fully saturated rings. The van der Waals surface area contributed by atoms with Gasteiger partial charge in [-0.3, -0.25) is 4.79 Å². The number of ether oxygens (including phenoxy) is 4. The van der Waals surface area contributed by atoms with E-state index < -0.39 is 86.8 Å². The molecule has 0 saturated carbocycles. The van der Waals surface area contributed by atoms with E-state index in [1.54, 1.807) is 6.08 Å². The Hall–Kier alpha value is -4.13. The Morgan fingerprint density at radius 2 is 0.753 bits per heavy atom. The minimum atomic E-state index is -1.81. The molecule has 12 unspecified atom stereocenters. The minimum absolute atomic E-state index is 0.180. The van der Waals surface area contributed by atoms with E-state index in [1.165, 1.54) is 128 Å². The van der Waals surface area contributed by atoms with Crippen LogP contribution in [0.15, 0.2) is 146 Å². The molecule has 14 heteroatoms. The summed E-state index contributed by atoms with van der Waals surface area (Å²) >= 11 is 0. The third kappa shape index (κ3) is 45.1. The Bertz CT molecular complexity index is 2120. The van der Waals surface area contributed by atoms with Gasteiger partial charge in [0.2, 0.25) is 5.91 Å². The molecule has 0 aromatic heterocycles. The number of hydrogen-bond acceptors (Lipinski definition) is 13. The number of amides is 1. The molecule has 93 heavy (non-hydrogen) atoms. The van der Waals surface area contributed by atoms with E-state index in [0.717, 1.165) is 83.5 Å². The van der Waals surface area contributed by atoms with E-state index in [0.29, 0.717) is 19.3 Å². The third-order valence-corrected chi connectivity index (χ3v) is 16.7. The number of allylic oxidation sites excluding steroid dienone is 23. The fourth-order valence-corrected chi connectivity index (χ4v) is 11.0. The van der Waals surface area contributed by atoms with Gasteiger partial charge < -0.3 is 65.1 Å². The van der Waals surface area contributed by atoms with Crippen LogP contribution < -0.4 is 5.32 Å². The zero-order chi connectivity index (χ0) is 67.3. The summed E-state index contributed by atoms with van der Waals surface area (Å²) in [6, 6.07) is -0.983. The fourth-order valence-electron chi connectivity index (χ4n) is 11.0. The summed E-state index contributed by atoms with van der Waals surface area (Å²) in [6.07, 6.45) is 76.3. The van der Waals surface area contributed by atoms with Crippen molar-refractivity contribution in [2.45, 2.75) is 325 Å². The summed E-state index contributed by atoms with van der Waals surface area (Å²) in [7, 11) is 0. The highest BCUT2D eigenvalue weighted by Crippen LogP contribution is 2.30. The predicted molar refractivity (Wildman–Crippen MR) is 382 cm³/mol. The fraction of sp³-hybridized carbons (Fsp3) is 0.684. The summed E-state index contributed by atoms with van der Waals surface area (Å²) in [4.78, 5) is 13.3. The van der Waals surface area contributed by atoms with Crippen molar-refractivity contribution in [3.8, 4) is 0 Å². The SMILES string of the molecule is CC/C=C\C/C=C\C/C=C\C/C=C\C/C=C\C/C=C\C/C=C\C/C=C\C/C=C\CCCC(=O)NC(COC1OC(CO)C(OC2OC(CO)C(O)C(O)C2O)C(O)C1O)C(O)/C=C/CC/C=C/CC/C=C/CCCCCCCCCCCCCCCCCCCCCC. The average molecular weight is 1300 g/mol. The van der Waals surface area contributed by atoms with Gasteiger partial charge in [0.15, 0.2) is 12.6 Å². The lowest BCUT2D eigenvalue weighted by molar-refractivity contribution is -0.359. The van der Waals surface area contributed by atoms with Gasteiger partial charge in [0.05, 0.1) is 32.0 Å². The van der Waals surface area contributed by atoms with Crippen LogP contribution in [0.5, 0.6) is 0 Å². The maximum absolute atomic E-state index is 13.3. The number of carbonyl (C=O) groups excluding carboxylic acids is 1. The van der Waals surface area contributed by atoms with E-state index in [4.69, 9.17) is 18.9 Å². The first-order valence-corrected chi connectivity index (χ1v) is 36.6. The van der Waals surface area contributed by atoms with Crippen LogP contribution in [0.4, 0.5) is 0 Å². The van der Waals surface area contributed by atoms with Crippen LogP contribution in [-0.2, 0) is 23.7 Å². The second-order valence-electron chi connectivity index (χ2n) is 25.0. The highest BCUT2D eigenvalue weighted by molar-refractivity contribution is 5.76.